The number of halogens is 2. The number of nitrogens with zero attached hydrogens (tertiary/aromatic N) is 1. The van der Waals surface area contributed by atoms with Gasteiger partial charge in [0.25, 0.3) is 0 Å². The highest BCUT2D eigenvalue weighted by atomic mass is 79.9. The number of benzene rings is 2. The van der Waals surface area contributed by atoms with Crippen LogP contribution >= 0.6 is 39.3 Å². The second-order valence-corrected chi connectivity index (χ2v) is 9.26. The fourth-order valence-electron chi connectivity index (χ4n) is 3.88. The van der Waals surface area contributed by atoms with E-state index in [-0.39, 0.29) is 0 Å². The van der Waals surface area contributed by atoms with Crippen molar-refractivity contribution in [3.05, 3.63) is 65.2 Å². The van der Waals surface area contributed by atoms with Gasteiger partial charge in [0.2, 0.25) is 0 Å². The minimum atomic E-state index is 0.612. The van der Waals surface area contributed by atoms with Crippen LogP contribution in [0, 0.1) is 5.92 Å². The number of fused-ring (bicyclic) bond motifs is 2. The van der Waals surface area contributed by atoms with Crippen molar-refractivity contribution in [3.8, 4) is 0 Å². The van der Waals surface area contributed by atoms with Gasteiger partial charge in [-0.3, -0.25) is 4.90 Å². The van der Waals surface area contributed by atoms with Crippen LogP contribution in [-0.4, -0.2) is 27.6 Å². The quantitative estimate of drug-likeness (QED) is 0.617. The van der Waals surface area contributed by atoms with Crippen LogP contribution in [0.1, 0.15) is 12.0 Å². The van der Waals surface area contributed by atoms with Crippen LogP contribution in [0.25, 0.3) is 0 Å². The van der Waals surface area contributed by atoms with Crippen LogP contribution in [0.3, 0.4) is 0 Å². The number of piperidine rings is 1. The summed E-state index contributed by atoms with van der Waals surface area (Å²) in [4.78, 5) is 4.61. The molecule has 1 heterocycles. The van der Waals surface area contributed by atoms with Gasteiger partial charge < -0.3 is 0 Å². The minimum Gasteiger partial charge on any atom is -0.294 e. The van der Waals surface area contributed by atoms with Gasteiger partial charge >= 0.3 is 0 Å². The van der Waals surface area contributed by atoms with Crippen LogP contribution < -0.4 is 0 Å². The maximum Gasteiger partial charge on any atom is 0.0406 e. The Hall–Kier alpha value is -0.480. The Labute approximate surface area is 155 Å². The Morgan fingerprint density at radius 2 is 1.83 bits per heavy atom. The second-order valence-electron chi connectivity index (χ2n) is 6.46. The van der Waals surface area contributed by atoms with Gasteiger partial charge in [0, 0.05) is 39.1 Å². The van der Waals surface area contributed by atoms with Gasteiger partial charge in [-0.05, 0) is 42.2 Å². The van der Waals surface area contributed by atoms with Crippen molar-refractivity contribution in [2.24, 2.45) is 5.92 Å². The maximum atomic E-state index is 6.00. The number of rotatable bonds is 4. The van der Waals surface area contributed by atoms with E-state index in [0.29, 0.717) is 16.1 Å². The molecule has 23 heavy (non-hydrogen) atoms. The van der Waals surface area contributed by atoms with Gasteiger partial charge in [0.1, 0.15) is 0 Å². The molecule has 4 heteroatoms. The molecule has 2 bridgehead atoms. The van der Waals surface area contributed by atoms with Gasteiger partial charge in [0.15, 0.2) is 0 Å². The molecule has 4 atom stereocenters. The molecule has 1 nitrogen and oxygen atoms in total. The second kappa shape index (κ2) is 6.79. The van der Waals surface area contributed by atoms with E-state index in [9.17, 15) is 0 Å². The zero-order chi connectivity index (χ0) is 15.8. The molecule has 2 aromatic rings. The molecule has 0 N–H and O–H groups in total. The first-order valence-corrected chi connectivity index (χ1v) is 10.2. The van der Waals surface area contributed by atoms with E-state index >= 15 is 0 Å². The summed E-state index contributed by atoms with van der Waals surface area (Å²) in [7, 11) is 0. The Morgan fingerprint density at radius 3 is 2.52 bits per heavy atom. The normalized spacial score (nSPS) is 30.0. The Balaban J connectivity index is 1.48. The van der Waals surface area contributed by atoms with Crippen molar-refractivity contribution in [1.29, 1.82) is 0 Å². The van der Waals surface area contributed by atoms with E-state index in [1.54, 1.807) is 0 Å². The van der Waals surface area contributed by atoms with Crippen LogP contribution in [0.5, 0.6) is 0 Å². The molecule has 0 amide bonds. The van der Waals surface area contributed by atoms with Crippen molar-refractivity contribution in [3.63, 3.8) is 0 Å². The van der Waals surface area contributed by atoms with E-state index in [0.717, 1.165) is 17.5 Å². The minimum absolute atomic E-state index is 0.612. The van der Waals surface area contributed by atoms with Crippen molar-refractivity contribution >= 4 is 39.3 Å². The highest BCUT2D eigenvalue weighted by molar-refractivity contribution is 9.09. The van der Waals surface area contributed by atoms with Crippen LogP contribution in [-0.2, 0) is 6.54 Å². The smallest absolute Gasteiger partial charge is 0.0406 e. The van der Waals surface area contributed by atoms with Crippen LogP contribution in [0.15, 0.2) is 59.5 Å². The zero-order valence-electron chi connectivity index (χ0n) is 12.7. The topological polar surface area (TPSA) is 3.24 Å². The summed E-state index contributed by atoms with van der Waals surface area (Å²) in [5, 5.41) is 1.47. The summed E-state index contributed by atoms with van der Waals surface area (Å²) in [5.41, 5.74) is 1.41. The summed E-state index contributed by atoms with van der Waals surface area (Å²) in [6.07, 6.45) is 1.30. The lowest BCUT2D eigenvalue weighted by Gasteiger charge is -2.33. The van der Waals surface area contributed by atoms with Gasteiger partial charge in [-0.1, -0.05) is 57.9 Å². The van der Waals surface area contributed by atoms with E-state index in [1.807, 2.05) is 23.9 Å². The molecule has 1 saturated heterocycles. The highest BCUT2D eigenvalue weighted by Gasteiger charge is 2.51. The van der Waals surface area contributed by atoms with Gasteiger partial charge in [0.05, 0.1) is 0 Å². The maximum absolute atomic E-state index is 6.00. The lowest BCUT2D eigenvalue weighted by atomic mass is 10.1. The largest absolute Gasteiger partial charge is 0.294 e. The van der Waals surface area contributed by atoms with E-state index < -0.39 is 0 Å². The summed E-state index contributed by atoms with van der Waals surface area (Å²) >= 11 is 12.0. The highest BCUT2D eigenvalue weighted by Crippen LogP contribution is 2.49. The molecule has 0 unspecified atom stereocenters. The third-order valence-electron chi connectivity index (χ3n) is 4.91. The molecule has 2 aliphatic rings. The summed E-state index contributed by atoms with van der Waals surface area (Å²) in [6, 6.07) is 19.7. The van der Waals surface area contributed by atoms with Gasteiger partial charge in [-0.2, -0.15) is 0 Å². The third-order valence-corrected chi connectivity index (χ3v) is 7.77. The standard InChI is InChI=1S/C19H19BrClNS/c20-18-14-10-17(23-16-8-6-15(21)7-9-16)19(18)22(12-14)11-13-4-2-1-3-5-13/h1-9,14,17-19H,10-12H2/t14-,17+,18-,19-/m1/s1. The van der Waals surface area contributed by atoms with Gasteiger partial charge in [-0.25, -0.2) is 0 Å². The van der Waals surface area contributed by atoms with E-state index in [4.69, 9.17) is 11.6 Å². The lowest BCUT2D eigenvalue weighted by Crippen LogP contribution is -2.40. The Bertz CT molecular complexity index is 663. The van der Waals surface area contributed by atoms with Crippen molar-refractivity contribution < 1.29 is 0 Å². The van der Waals surface area contributed by atoms with E-state index in [2.05, 4.69) is 63.3 Å². The summed E-state index contributed by atoms with van der Waals surface area (Å²) in [5.74, 6) is 0.772. The average Bonchev–Trinajstić information content (AvgIpc) is 3.02. The fourth-order valence-corrected chi connectivity index (χ4v) is 6.76. The number of hydrogen-bond donors (Lipinski definition) is 0. The van der Waals surface area contributed by atoms with E-state index in [1.165, 1.54) is 23.4 Å². The fraction of sp³-hybridized carbons (Fsp3) is 0.368. The number of hydrogen-bond acceptors (Lipinski definition) is 2. The number of alkyl halides is 1. The molecule has 2 aromatic carbocycles. The first kappa shape index (κ1) is 16.0. The van der Waals surface area contributed by atoms with Crippen molar-refractivity contribution in [2.75, 3.05) is 6.54 Å². The average molecular weight is 409 g/mol. The molecule has 4 rings (SSSR count). The lowest BCUT2D eigenvalue weighted by molar-refractivity contribution is 0.211. The molecular weight excluding hydrogens is 390 g/mol. The SMILES string of the molecule is Clc1ccc(S[C@H]2C[C@@H]3CN(Cc4ccccc4)[C@H]2[C@@H]3Br)cc1. The molecule has 0 aromatic heterocycles. The molecule has 120 valence electrons. The van der Waals surface area contributed by atoms with Crippen LogP contribution in [0.2, 0.25) is 5.02 Å². The van der Waals surface area contributed by atoms with Crippen LogP contribution in [0.4, 0.5) is 0 Å². The predicted molar refractivity (Wildman–Crippen MR) is 103 cm³/mol. The molecular formula is C19H19BrClNS. The van der Waals surface area contributed by atoms with Crippen molar-refractivity contribution in [1.82, 2.24) is 4.90 Å². The molecule has 1 saturated carbocycles. The zero-order valence-corrected chi connectivity index (χ0v) is 15.9. The summed E-state index contributed by atoms with van der Waals surface area (Å²) in [6.45, 7) is 2.27. The van der Waals surface area contributed by atoms with Gasteiger partial charge in [-0.15, -0.1) is 11.8 Å². The first-order chi connectivity index (χ1) is 11.2. The molecule has 1 aliphatic heterocycles. The van der Waals surface area contributed by atoms with Crippen molar-refractivity contribution in [2.45, 2.75) is 34.0 Å². The molecule has 2 fully saturated rings. The third kappa shape index (κ3) is 3.34. The Kier molecular flexibility index (Phi) is 4.73. The molecule has 0 radical (unpaired) electrons. The Morgan fingerprint density at radius 1 is 1.09 bits per heavy atom. The molecule has 1 aliphatic carbocycles. The number of likely N-dealkylation sites (tertiary alicyclic amines) is 1. The molecule has 0 spiro atoms. The number of thioether (sulfide) groups is 1. The summed E-state index contributed by atoms with van der Waals surface area (Å²) < 4.78 is 0. The first-order valence-electron chi connectivity index (χ1n) is 8.05. The monoisotopic (exact) mass is 407 g/mol. The predicted octanol–water partition coefficient (Wildman–Crippen LogP) is 5.47.